The van der Waals surface area contributed by atoms with Crippen molar-refractivity contribution >= 4 is 11.5 Å². The van der Waals surface area contributed by atoms with Crippen LogP contribution in [0.25, 0.3) is 0 Å². The van der Waals surface area contributed by atoms with E-state index in [0.717, 1.165) is 11.3 Å². The molecule has 0 bridgehead atoms. The molecule has 1 aromatic carbocycles. The first kappa shape index (κ1) is 13.1. The summed E-state index contributed by atoms with van der Waals surface area (Å²) in [7, 11) is 1.87. The van der Waals surface area contributed by atoms with Crippen molar-refractivity contribution in [3.63, 3.8) is 0 Å². The Labute approximate surface area is 112 Å². The van der Waals surface area contributed by atoms with E-state index in [4.69, 9.17) is 5.26 Å². The second-order valence-corrected chi connectivity index (χ2v) is 4.31. The molecule has 0 aliphatic carbocycles. The Morgan fingerprint density at radius 1 is 1.32 bits per heavy atom. The van der Waals surface area contributed by atoms with E-state index in [1.54, 1.807) is 31.3 Å². The van der Waals surface area contributed by atoms with E-state index >= 15 is 0 Å². The first-order valence-corrected chi connectivity index (χ1v) is 6.00. The summed E-state index contributed by atoms with van der Waals surface area (Å²) in [6.07, 6.45) is 1.09. The van der Waals surface area contributed by atoms with Crippen molar-refractivity contribution < 1.29 is 5.11 Å². The summed E-state index contributed by atoms with van der Waals surface area (Å²) < 4.78 is 0. The summed E-state index contributed by atoms with van der Waals surface area (Å²) in [5.74, 6) is 0.688. The molecule has 1 atom stereocenters. The molecule has 0 amide bonds. The maximum absolute atomic E-state index is 9.78. The standard InChI is InChI=1S/C15H15N3O/c1-11(19)14-7-4-8-17-15(14)18(2)13-6-3-5-12(9-13)10-16/h3-9,11,19H,1-2H3. The maximum Gasteiger partial charge on any atom is 0.138 e. The monoisotopic (exact) mass is 253 g/mol. The highest BCUT2D eigenvalue weighted by Gasteiger charge is 2.14. The molecule has 1 unspecified atom stereocenters. The van der Waals surface area contributed by atoms with Crippen LogP contribution >= 0.6 is 0 Å². The number of nitriles is 1. The van der Waals surface area contributed by atoms with Crippen molar-refractivity contribution in [1.29, 1.82) is 5.26 Å². The molecule has 0 saturated heterocycles. The molecule has 1 N–H and O–H groups in total. The zero-order valence-corrected chi connectivity index (χ0v) is 10.9. The first-order valence-electron chi connectivity index (χ1n) is 6.00. The van der Waals surface area contributed by atoms with Crippen LogP contribution in [0.4, 0.5) is 11.5 Å². The van der Waals surface area contributed by atoms with Crippen molar-refractivity contribution in [3.8, 4) is 6.07 Å². The topological polar surface area (TPSA) is 60.2 Å². The van der Waals surface area contributed by atoms with Gasteiger partial charge in [-0.05, 0) is 31.2 Å². The lowest BCUT2D eigenvalue weighted by Crippen LogP contribution is -2.14. The molecule has 2 rings (SSSR count). The fraction of sp³-hybridized carbons (Fsp3) is 0.200. The third kappa shape index (κ3) is 2.72. The number of benzene rings is 1. The Morgan fingerprint density at radius 2 is 2.11 bits per heavy atom. The molecule has 0 aliphatic rings. The van der Waals surface area contributed by atoms with Crippen LogP contribution in [0.5, 0.6) is 0 Å². The van der Waals surface area contributed by atoms with Gasteiger partial charge in [0.05, 0.1) is 17.7 Å². The van der Waals surface area contributed by atoms with Crippen molar-refractivity contribution in [2.24, 2.45) is 0 Å². The second kappa shape index (κ2) is 5.51. The van der Waals surface area contributed by atoms with Gasteiger partial charge < -0.3 is 10.0 Å². The fourth-order valence-corrected chi connectivity index (χ4v) is 1.92. The summed E-state index contributed by atoms with van der Waals surface area (Å²) in [4.78, 5) is 6.18. The Bertz CT molecular complexity index is 617. The van der Waals surface area contributed by atoms with Gasteiger partial charge >= 0.3 is 0 Å². The Morgan fingerprint density at radius 3 is 2.79 bits per heavy atom. The van der Waals surface area contributed by atoms with Crippen LogP contribution in [0, 0.1) is 11.3 Å². The van der Waals surface area contributed by atoms with E-state index in [1.807, 2.05) is 30.1 Å². The first-order chi connectivity index (χ1) is 9.13. The molecular weight excluding hydrogens is 238 g/mol. The van der Waals surface area contributed by atoms with Gasteiger partial charge in [-0.1, -0.05) is 12.1 Å². The van der Waals surface area contributed by atoms with E-state index < -0.39 is 6.10 Å². The van der Waals surface area contributed by atoms with Gasteiger partial charge in [0.2, 0.25) is 0 Å². The summed E-state index contributed by atoms with van der Waals surface area (Å²) in [6.45, 7) is 1.71. The van der Waals surface area contributed by atoms with Gasteiger partial charge in [-0.3, -0.25) is 0 Å². The quantitative estimate of drug-likeness (QED) is 0.913. The molecule has 2 aromatic rings. The Hall–Kier alpha value is -2.38. The minimum atomic E-state index is -0.592. The highest BCUT2D eigenvalue weighted by molar-refractivity contribution is 5.63. The number of hydrogen-bond donors (Lipinski definition) is 1. The van der Waals surface area contributed by atoms with Gasteiger partial charge in [-0.2, -0.15) is 5.26 Å². The number of hydrogen-bond acceptors (Lipinski definition) is 4. The average Bonchev–Trinajstić information content (AvgIpc) is 2.46. The Kier molecular flexibility index (Phi) is 3.79. The molecule has 4 heteroatoms. The van der Waals surface area contributed by atoms with Crippen molar-refractivity contribution in [1.82, 2.24) is 4.98 Å². The van der Waals surface area contributed by atoms with Crippen LogP contribution < -0.4 is 4.90 Å². The molecule has 19 heavy (non-hydrogen) atoms. The molecule has 0 aliphatic heterocycles. The molecule has 0 radical (unpaired) electrons. The molecule has 0 fully saturated rings. The maximum atomic E-state index is 9.78. The lowest BCUT2D eigenvalue weighted by Gasteiger charge is -2.22. The second-order valence-electron chi connectivity index (χ2n) is 4.31. The minimum absolute atomic E-state index is 0.592. The molecule has 96 valence electrons. The molecule has 1 heterocycles. The zero-order valence-electron chi connectivity index (χ0n) is 10.9. The number of nitrogens with zero attached hydrogens (tertiary/aromatic N) is 3. The van der Waals surface area contributed by atoms with Crippen molar-refractivity contribution in [2.75, 3.05) is 11.9 Å². The molecule has 4 nitrogen and oxygen atoms in total. The number of aromatic nitrogens is 1. The van der Waals surface area contributed by atoms with Crippen LogP contribution in [-0.2, 0) is 0 Å². The highest BCUT2D eigenvalue weighted by Crippen LogP contribution is 2.28. The van der Waals surface area contributed by atoms with Gasteiger partial charge in [-0.15, -0.1) is 0 Å². The minimum Gasteiger partial charge on any atom is -0.389 e. The third-order valence-corrected chi connectivity index (χ3v) is 2.95. The van der Waals surface area contributed by atoms with Gasteiger partial charge in [0.1, 0.15) is 5.82 Å². The summed E-state index contributed by atoms with van der Waals surface area (Å²) in [5.41, 5.74) is 2.21. The van der Waals surface area contributed by atoms with Gasteiger partial charge in [0.15, 0.2) is 0 Å². The fourth-order valence-electron chi connectivity index (χ4n) is 1.92. The van der Waals surface area contributed by atoms with Crippen LogP contribution in [0.1, 0.15) is 24.2 Å². The van der Waals surface area contributed by atoms with Gasteiger partial charge in [0, 0.05) is 24.5 Å². The number of rotatable bonds is 3. The van der Waals surface area contributed by atoms with Crippen LogP contribution in [0.2, 0.25) is 0 Å². The zero-order chi connectivity index (χ0) is 13.8. The van der Waals surface area contributed by atoms with Crippen LogP contribution in [-0.4, -0.2) is 17.1 Å². The molecule has 0 spiro atoms. The van der Waals surface area contributed by atoms with E-state index in [-0.39, 0.29) is 0 Å². The SMILES string of the molecule is CC(O)c1cccnc1N(C)c1cccc(C#N)c1. The smallest absolute Gasteiger partial charge is 0.138 e. The average molecular weight is 253 g/mol. The Balaban J connectivity index is 2.44. The van der Waals surface area contributed by atoms with E-state index in [0.29, 0.717) is 11.4 Å². The van der Waals surface area contributed by atoms with Crippen LogP contribution in [0.3, 0.4) is 0 Å². The van der Waals surface area contributed by atoms with Crippen molar-refractivity contribution in [2.45, 2.75) is 13.0 Å². The normalized spacial score (nSPS) is 11.7. The summed E-state index contributed by atoms with van der Waals surface area (Å²) >= 11 is 0. The number of aliphatic hydroxyl groups excluding tert-OH is 1. The van der Waals surface area contributed by atoms with Gasteiger partial charge in [0.25, 0.3) is 0 Å². The predicted molar refractivity (Wildman–Crippen MR) is 74.1 cm³/mol. The highest BCUT2D eigenvalue weighted by atomic mass is 16.3. The summed E-state index contributed by atoms with van der Waals surface area (Å²) in [5, 5.41) is 18.7. The third-order valence-electron chi connectivity index (χ3n) is 2.95. The number of anilines is 2. The lowest BCUT2D eigenvalue weighted by molar-refractivity contribution is 0.199. The number of aliphatic hydroxyl groups is 1. The lowest BCUT2D eigenvalue weighted by atomic mass is 10.1. The summed E-state index contributed by atoms with van der Waals surface area (Å²) in [6, 6.07) is 13.0. The molecular formula is C15H15N3O. The van der Waals surface area contributed by atoms with E-state index in [9.17, 15) is 5.11 Å². The van der Waals surface area contributed by atoms with E-state index in [1.165, 1.54) is 0 Å². The van der Waals surface area contributed by atoms with E-state index in [2.05, 4.69) is 11.1 Å². The molecule has 0 saturated carbocycles. The largest absolute Gasteiger partial charge is 0.389 e. The van der Waals surface area contributed by atoms with Crippen LogP contribution in [0.15, 0.2) is 42.6 Å². The van der Waals surface area contributed by atoms with Crippen molar-refractivity contribution in [3.05, 3.63) is 53.7 Å². The number of pyridine rings is 1. The predicted octanol–water partition coefficient (Wildman–Crippen LogP) is 2.77. The molecule has 1 aromatic heterocycles. The van der Waals surface area contributed by atoms with Gasteiger partial charge in [-0.25, -0.2) is 4.98 Å².